The van der Waals surface area contributed by atoms with Crippen LogP contribution in [0.25, 0.3) is 0 Å². The van der Waals surface area contributed by atoms with E-state index >= 15 is 0 Å². The lowest BCUT2D eigenvalue weighted by Crippen LogP contribution is -2.18. The molecule has 0 amide bonds. The minimum Gasteiger partial charge on any atom is -0.454 e. The second-order valence-corrected chi connectivity index (χ2v) is 5.71. The van der Waals surface area contributed by atoms with E-state index in [1.54, 1.807) is 6.07 Å². The molecule has 0 spiro atoms. The highest BCUT2D eigenvalue weighted by atomic mass is 19.1. The summed E-state index contributed by atoms with van der Waals surface area (Å²) in [5.74, 6) is -3.66. The highest BCUT2D eigenvalue weighted by Gasteiger charge is 2.21. The summed E-state index contributed by atoms with van der Waals surface area (Å²) < 4.78 is 31.9. The van der Waals surface area contributed by atoms with Gasteiger partial charge in [0.1, 0.15) is 17.2 Å². The number of esters is 1. The van der Waals surface area contributed by atoms with E-state index in [0.29, 0.717) is 5.56 Å². The summed E-state index contributed by atoms with van der Waals surface area (Å²) in [5, 5.41) is 0. The van der Waals surface area contributed by atoms with Crippen molar-refractivity contribution in [3.63, 3.8) is 0 Å². The van der Waals surface area contributed by atoms with E-state index in [-0.39, 0.29) is 0 Å². The maximum atomic E-state index is 13.5. The molecule has 0 saturated carbocycles. The van der Waals surface area contributed by atoms with Crippen LogP contribution in [-0.4, -0.2) is 18.4 Å². The molecule has 0 saturated heterocycles. The average molecular weight is 332 g/mol. The van der Waals surface area contributed by atoms with Gasteiger partial charge in [-0.3, -0.25) is 4.79 Å². The van der Waals surface area contributed by atoms with Gasteiger partial charge in [0, 0.05) is 5.56 Å². The van der Waals surface area contributed by atoms with Crippen LogP contribution in [-0.2, 0) is 4.74 Å². The average Bonchev–Trinajstić information content (AvgIpc) is 2.53. The molecule has 3 nitrogen and oxygen atoms in total. The molecule has 0 bridgehead atoms. The van der Waals surface area contributed by atoms with E-state index in [1.165, 1.54) is 0 Å². The molecule has 0 radical (unpaired) electrons. The zero-order valence-electron chi connectivity index (χ0n) is 14.0. The third-order valence-corrected chi connectivity index (χ3v) is 4.28. The van der Waals surface area contributed by atoms with Crippen LogP contribution in [0.4, 0.5) is 8.78 Å². The van der Waals surface area contributed by atoms with Crippen molar-refractivity contribution in [3.8, 4) is 0 Å². The van der Waals surface area contributed by atoms with Gasteiger partial charge in [-0.15, -0.1) is 0 Å². The van der Waals surface area contributed by atoms with E-state index in [1.807, 2.05) is 27.7 Å². The molecule has 0 N–H and O–H groups in total. The smallest absolute Gasteiger partial charge is 0.344 e. The minimum absolute atomic E-state index is 0.413. The normalized spacial score (nSPS) is 10.6. The van der Waals surface area contributed by atoms with Crippen molar-refractivity contribution < 1.29 is 23.1 Å². The lowest BCUT2D eigenvalue weighted by atomic mass is 9.93. The van der Waals surface area contributed by atoms with Gasteiger partial charge in [-0.2, -0.15) is 0 Å². The fraction of sp³-hybridized carbons (Fsp3) is 0.263. The van der Waals surface area contributed by atoms with Gasteiger partial charge in [0.05, 0.1) is 0 Å². The van der Waals surface area contributed by atoms with E-state index in [9.17, 15) is 18.4 Å². The molecular weight excluding hydrogens is 314 g/mol. The Morgan fingerprint density at radius 3 is 2.12 bits per heavy atom. The number of hydrogen-bond acceptors (Lipinski definition) is 3. The Bertz CT molecular complexity index is 806. The quantitative estimate of drug-likeness (QED) is 0.621. The van der Waals surface area contributed by atoms with Gasteiger partial charge in [0.15, 0.2) is 6.61 Å². The summed E-state index contributed by atoms with van der Waals surface area (Å²) in [4.78, 5) is 24.2. The summed E-state index contributed by atoms with van der Waals surface area (Å²) in [5.41, 5.74) is 3.49. The molecule has 0 unspecified atom stereocenters. The van der Waals surface area contributed by atoms with Crippen LogP contribution in [0.5, 0.6) is 0 Å². The molecule has 0 atom stereocenters. The molecule has 24 heavy (non-hydrogen) atoms. The number of carbonyl (C=O) groups is 2. The Labute approximate surface area is 139 Å². The number of ether oxygens (including phenoxy) is 1. The highest BCUT2D eigenvalue weighted by Crippen LogP contribution is 2.22. The van der Waals surface area contributed by atoms with Crippen LogP contribution >= 0.6 is 0 Å². The van der Waals surface area contributed by atoms with Crippen LogP contribution in [0.15, 0.2) is 24.3 Å². The van der Waals surface area contributed by atoms with Crippen molar-refractivity contribution >= 4 is 11.8 Å². The van der Waals surface area contributed by atoms with E-state index in [0.717, 1.165) is 40.5 Å². The molecule has 2 aromatic carbocycles. The van der Waals surface area contributed by atoms with Gasteiger partial charge in [-0.25, -0.2) is 13.6 Å². The molecule has 0 aromatic heterocycles. The monoisotopic (exact) mass is 332 g/mol. The fourth-order valence-electron chi connectivity index (χ4n) is 2.48. The first-order valence-electron chi connectivity index (χ1n) is 7.45. The molecule has 0 fully saturated rings. The van der Waals surface area contributed by atoms with Crippen molar-refractivity contribution in [3.05, 3.63) is 69.3 Å². The topological polar surface area (TPSA) is 43.4 Å². The Morgan fingerprint density at radius 1 is 0.958 bits per heavy atom. The van der Waals surface area contributed by atoms with Crippen LogP contribution in [0, 0.1) is 39.3 Å². The predicted octanol–water partition coefficient (Wildman–Crippen LogP) is 4.24. The van der Waals surface area contributed by atoms with Crippen molar-refractivity contribution in [2.24, 2.45) is 0 Å². The third-order valence-electron chi connectivity index (χ3n) is 4.28. The Kier molecular flexibility index (Phi) is 5.12. The molecule has 126 valence electrons. The van der Waals surface area contributed by atoms with Crippen LogP contribution < -0.4 is 0 Å². The van der Waals surface area contributed by atoms with Gasteiger partial charge in [0.2, 0.25) is 5.78 Å². The van der Waals surface area contributed by atoms with Crippen molar-refractivity contribution in [2.75, 3.05) is 6.61 Å². The molecule has 0 aliphatic heterocycles. The minimum atomic E-state index is -1.20. The van der Waals surface area contributed by atoms with Crippen molar-refractivity contribution in [1.82, 2.24) is 0 Å². The summed E-state index contributed by atoms with van der Waals surface area (Å²) in [7, 11) is 0. The predicted molar refractivity (Wildman–Crippen MR) is 86.4 cm³/mol. The number of rotatable bonds is 4. The van der Waals surface area contributed by atoms with Gasteiger partial charge in [-0.05, 0) is 68.1 Å². The Hall–Kier alpha value is -2.56. The van der Waals surface area contributed by atoms with Gasteiger partial charge in [-0.1, -0.05) is 6.07 Å². The van der Waals surface area contributed by atoms with Crippen molar-refractivity contribution in [2.45, 2.75) is 27.7 Å². The number of Topliss-reactive ketones (excluding diaryl/α,β-unsaturated/α-hetero) is 1. The lowest BCUT2D eigenvalue weighted by molar-refractivity contribution is 0.0465. The number of carbonyl (C=O) groups excluding carboxylic acids is 2. The number of benzene rings is 2. The first kappa shape index (κ1) is 17.8. The van der Waals surface area contributed by atoms with E-state index < -0.39 is 35.6 Å². The maximum absolute atomic E-state index is 13.5. The second kappa shape index (κ2) is 6.91. The number of aryl methyl sites for hydroxylation is 1. The van der Waals surface area contributed by atoms with Gasteiger partial charge < -0.3 is 4.74 Å². The van der Waals surface area contributed by atoms with Crippen LogP contribution in [0.1, 0.15) is 43.0 Å². The Morgan fingerprint density at radius 2 is 1.54 bits per heavy atom. The van der Waals surface area contributed by atoms with E-state index in [2.05, 4.69) is 0 Å². The molecule has 0 aliphatic carbocycles. The summed E-state index contributed by atoms with van der Waals surface area (Å²) >= 11 is 0. The van der Waals surface area contributed by atoms with Crippen LogP contribution in [0.2, 0.25) is 0 Å². The molecule has 0 aliphatic rings. The molecule has 2 rings (SSSR count). The third kappa shape index (κ3) is 3.35. The number of halogens is 2. The number of hydrogen-bond donors (Lipinski definition) is 0. The second-order valence-electron chi connectivity index (χ2n) is 5.71. The zero-order valence-corrected chi connectivity index (χ0v) is 14.0. The SMILES string of the molecule is Cc1cc(C(=O)COC(=O)c2c(F)cccc2F)c(C)c(C)c1C. The zero-order chi connectivity index (χ0) is 18.0. The van der Waals surface area contributed by atoms with Crippen molar-refractivity contribution in [1.29, 1.82) is 0 Å². The molecular formula is C19H18F2O3. The highest BCUT2D eigenvalue weighted by molar-refractivity contribution is 6.01. The maximum Gasteiger partial charge on any atom is 0.344 e. The summed E-state index contributed by atoms with van der Waals surface area (Å²) in [6.07, 6.45) is 0. The Balaban J connectivity index is 2.19. The molecule has 2 aromatic rings. The fourth-order valence-corrected chi connectivity index (χ4v) is 2.48. The standard InChI is InChI=1S/C19H18F2O3/c1-10-8-14(13(4)12(3)11(10)2)17(22)9-24-19(23)18-15(20)6-5-7-16(18)21/h5-8H,9H2,1-4H3. The lowest BCUT2D eigenvalue weighted by Gasteiger charge is -2.13. The first-order valence-corrected chi connectivity index (χ1v) is 7.45. The summed E-state index contributed by atoms with van der Waals surface area (Å²) in [6.45, 7) is 7.00. The largest absolute Gasteiger partial charge is 0.454 e. The summed E-state index contributed by atoms with van der Waals surface area (Å²) in [6, 6.07) is 4.79. The van der Waals surface area contributed by atoms with E-state index in [4.69, 9.17) is 4.74 Å². The number of ketones is 1. The van der Waals surface area contributed by atoms with Gasteiger partial charge in [0.25, 0.3) is 0 Å². The molecule has 5 heteroatoms. The molecule has 0 heterocycles. The van der Waals surface area contributed by atoms with Crippen LogP contribution in [0.3, 0.4) is 0 Å². The first-order chi connectivity index (χ1) is 11.2. The van der Waals surface area contributed by atoms with Gasteiger partial charge >= 0.3 is 5.97 Å².